The van der Waals surface area contributed by atoms with Crippen molar-refractivity contribution in [3.63, 3.8) is 0 Å². The summed E-state index contributed by atoms with van der Waals surface area (Å²) in [5.41, 5.74) is 5.98. The highest BCUT2D eigenvalue weighted by molar-refractivity contribution is 5.64. The van der Waals surface area contributed by atoms with Gasteiger partial charge in [0.05, 0.1) is 0 Å². The second-order valence-electron chi connectivity index (χ2n) is 3.03. The maximum absolute atomic E-state index is 10.2. The van der Waals surface area contributed by atoms with Crippen LogP contribution in [0, 0.1) is 0 Å². The lowest BCUT2D eigenvalue weighted by atomic mass is 10.2. The first-order chi connectivity index (χ1) is 7.29. The average Bonchev–Trinajstić information content (AvgIpc) is 2.24. The van der Waals surface area contributed by atoms with Crippen LogP contribution in [0.3, 0.4) is 0 Å². The Morgan fingerprint density at radius 1 is 1.53 bits per heavy atom. The minimum absolute atomic E-state index is 0.308. The predicted molar refractivity (Wildman–Crippen MR) is 56.3 cm³/mol. The Hall–Kier alpha value is -1.62. The smallest absolute Gasteiger partial charge is 0.404 e. The van der Waals surface area contributed by atoms with Crippen molar-refractivity contribution in [1.29, 1.82) is 0 Å². The highest BCUT2D eigenvalue weighted by Gasteiger charge is 1.94. The molecule has 1 rings (SSSR count). The van der Waals surface area contributed by atoms with Crippen molar-refractivity contribution in [3.8, 4) is 0 Å². The number of hydrogen-bond acceptors (Lipinski definition) is 4. The number of nitrogens with zero attached hydrogens (tertiary/aromatic N) is 1. The van der Waals surface area contributed by atoms with E-state index in [4.69, 9.17) is 5.73 Å². The zero-order valence-electron chi connectivity index (χ0n) is 8.48. The van der Waals surface area contributed by atoms with Crippen LogP contribution in [0.15, 0.2) is 24.5 Å². The van der Waals surface area contributed by atoms with Crippen LogP contribution in [0.5, 0.6) is 0 Å². The standard InChI is InChI=1S/C10H15N3O2/c11-10(14)15-7-6-12-5-3-9-2-1-4-13-8-9/h1-2,4,8,12H,3,5-7H2,(H2,11,14). The number of nitrogens with two attached hydrogens (primary N) is 1. The molecule has 3 N–H and O–H groups in total. The van der Waals surface area contributed by atoms with Crippen molar-refractivity contribution < 1.29 is 9.53 Å². The Kier molecular flexibility index (Phi) is 5.18. The first kappa shape index (κ1) is 11.5. The van der Waals surface area contributed by atoms with E-state index >= 15 is 0 Å². The molecular weight excluding hydrogens is 194 g/mol. The normalized spacial score (nSPS) is 9.87. The number of primary amides is 1. The zero-order valence-corrected chi connectivity index (χ0v) is 8.48. The molecular formula is C10H15N3O2. The maximum Gasteiger partial charge on any atom is 0.404 e. The summed E-state index contributed by atoms with van der Waals surface area (Å²) in [7, 11) is 0. The molecule has 0 bridgehead atoms. The molecule has 0 spiro atoms. The van der Waals surface area contributed by atoms with E-state index < -0.39 is 6.09 Å². The number of hydrogen-bond donors (Lipinski definition) is 2. The van der Waals surface area contributed by atoms with E-state index in [1.165, 1.54) is 5.56 Å². The Balaban J connectivity index is 2.00. The van der Waals surface area contributed by atoms with E-state index in [0.717, 1.165) is 13.0 Å². The maximum atomic E-state index is 10.2. The molecule has 0 saturated heterocycles. The van der Waals surface area contributed by atoms with Crippen molar-refractivity contribution in [2.75, 3.05) is 19.7 Å². The second-order valence-corrected chi connectivity index (χ2v) is 3.03. The first-order valence-electron chi connectivity index (χ1n) is 4.81. The molecule has 0 radical (unpaired) electrons. The van der Waals surface area contributed by atoms with Crippen LogP contribution in [0.4, 0.5) is 4.79 Å². The van der Waals surface area contributed by atoms with Crippen LogP contribution >= 0.6 is 0 Å². The molecule has 0 aromatic carbocycles. The predicted octanol–water partition coefficient (Wildman–Crippen LogP) is 0.309. The number of carbonyl (C=O) groups is 1. The summed E-state index contributed by atoms with van der Waals surface area (Å²) < 4.78 is 4.56. The van der Waals surface area contributed by atoms with Crippen LogP contribution < -0.4 is 11.1 Å². The van der Waals surface area contributed by atoms with E-state index in [1.807, 2.05) is 18.3 Å². The van der Waals surface area contributed by atoms with E-state index in [9.17, 15) is 4.79 Å². The van der Waals surface area contributed by atoms with E-state index in [1.54, 1.807) is 6.20 Å². The third-order valence-corrected chi connectivity index (χ3v) is 1.84. The molecule has 0 atom stereocenters. The van der Waals surface area contributed by atoms with Gasteiger partial charge in [0, 0.05) is 18.9 Å². The van der Waals surface area contributed by atoms with Gasteiger partial charge in [0.2, 0.25) is 0 Å². The fraction of sp³-hybridized carbons (Fsp3) is 0.400. The molecule has 0 aliphatic rings. The van der Waals surface area contributed by atoms with Crippen molar-refractivity contribution in [1.82, 2.24) is 10.3 Å². The molecule has 1 heterocycles. The van der Waals surface area contributed by atoms with Crippen LogP contribution in [0.2, 0.25) is 0 Å². The van der Waals surface area contributed by atoms with E-state index in [-0.39, 0.29) is 0 Å². The topological polar surface area (TPSA) is 77.2 Å². The van der Waals surface area contributed by atoms with E-state index in [0.29, 0.717) is 13.2 Å². The molecule has 0 aliphatic carbocycles. The number of aromatic nitrogens is 1. The Labute approximate surface area is 88.6 Å². The molecule has 0 fully saturated rings. The summed E-state index contributed by atoms with van der Waals surface area (Å²) in [6, 6.07) is 3.93. The van der Waals surface area contributed by atoms with Gasteiger partial charge in [0.15, 0.2) is 0 Å². The molecule has 1 aromatic rings. The molecule has 0 unspecified atom stereocenters. The Morgan fingerprint density at radius 2 is 2.40 bits per heavy atom. The SMILES string of the molecule is NC(=O)OCCNCCc1cccnc1. The summed E-state index contributed by atoms with van der Waals surface area (Å²) in [6.07, 6.45) is 3.76. The van der Waals surface area contributed by atoms with Gasteiger partial charge in [-0.1, -0.05) is 6.07 Å². The first-order valence-corrected chi connectivity index (χ1v) is 4.81. The van der Waals surface area contributed by atoms with Gasteiger partial charge in [0.25, 0.3) is 0 Å². The van der Waals surface area contributed by atoms with Gasteiger partial charge in [-0.2, -0.15) is 0 Å². The molecule has 82 valence electrons. The van der Waals surface area contributed by atoms with Gasteiger partial charge in [-0.05, 0) is 24.6 Å². The van der Waals surface area contributed by atoms with Gasteiger partial charge < -0.3 is 15.8 Å². The molecule has 5 heteroatoms. The summed E-state index contributed by atoms with van der Waals surface area (Å²) in [6.45, 7) is 1.75. The number of rotatable bonds is 6. The molecule has 1 amide bonds. The average molecular weight is 209 g/mol. The van der Waals surface area contributed by atoms with Gasteiger partial charge in [-0.15, -0.1) is 0 Å². The van der Waals surface area contributed by atoms with Crippen LogP contribution in [0.25, 0.3) is 0 Å². The zero-order chi connectivity index (χ0) is 10.9. The largest absolute Gasteiger partial charge is 0.448 e. The van der Waals surface area contributed by atoms with Crippen molar-refractivity contribution in [2.45, 2.75) is 6.42 Å². The van der Waals surface area contributed by atoms with Gasteiger partial charge >= 0.3 is 6.09 Å². The Bertz CT molecular complexity index is 290. The third kappa shape index (κ3) is 5.64. The van der Waals surface area contributed by atoms with Gasteiger partial charge in [-0.3, -0.25) is 4.98 Å². The van der Waals surface area contributed by atoms with E-state index in [2.05, 4.69) is 15.0 Å². The molecule has 1 aromatic heterocycles. The highest BCUT2D eigenvalue weighted by atomic mass is 16.5. The fourth-order valence-electron chi connectivity index (χ4n) is 1.13. The highest BCUT2D eigenvalue weighted by Crippen LogP contribution is 1.94. The quantitative estimate of drug-likeness (QED) is 0.661. The monoisotopic (exact) mass is 209 g/mol. The number of amides is 1. The summed E-state index contributed by atoms with van der Waals surface area (Å²) >= 11 is 0. The fourth-order valence-corrected chi connectivity index (χ4v) is 1.13. The minimum Gasteiger partial charge on any atom is -0.448 e. The molecule has 0 saturated carbocycles. The second kappa shape index (κ2) is 6.78. The van der Waals surface area contributed by atoms with Crippen molar-refractivity contribution in [3.05, 3.63) is 30.1 Å². The molecule has 0 aliphatic heterocycles. The van der Waals surface area contributed by atoms with Gasteiger partial charge in [0.1, 0.15) is 6.61 Å². The summed E-state index contributed by atoms with van der Waals surface area (Å²) in [5, 5.41) is 3.13. The lowest BCUT2D eigenvalue weighted by molar-refractivity contribution is 0.157. The number of nitrogens with one attached hydrogen (secondary N) is 1. The number of ether oxygens (including phenoxy) is 1. The summed E-state index contributed by atoms with van der Waals surface area (Å²) in [4.78, 5) is 14.2. The molecule has 5 nitrogen and oxygen atoms in total. The Morgan fingerprint density at radius 3 is 3.07 bits per heavy atom. The van der Waals surface area contributed by atoms with Crippen molar-refractivity contribution >= 4 is 6.09 Å². The third-order valence-electron chi connectivity index (χ3n) is 1.84. The number of pyridine rings is 1. The van der Waals surface area contributed by atoms with Gasteiger partial charge in [-0.25, -0.2) is 4.79 Å². The van der Waals surface area contributed by atoms with Crippen LogP contribution in [-0.4, -0.2) is 30.8 Å². The van der Waals surface area contributed by atoms with Crippen LogP contribution in [-0.2, 0) is 11.2 Å². The lowest BCUT2D eigenvalue weighted by Gasteiger charge is -2.04. The van der Waals surface area contributed by atoms with Crippen molar-refractivity contribution in [2.24, 2.45) is 5.73 Å². The minimum atomic E-state index is -0.732. The molecule has 15 heavy (non-hydrogen) atoms. The van der Waals surface area contributed by atoms with Crippen LogP contribution in [0.1, 0.15) is 5.56 Å². The lowest BCUT2D eigenvalue weighted by Crippen LogP contribution is -2.25. The number of carbonyl (C=O) groups excluding carboxylic acids is 1. The summed E-state index contributed by atoms with van der Waals surface area (Å²) in [5.74, 6) is 0.